The van der Waals surface area contributed by atoms with E-state index >= 15 is 0 Å². The number of fused-ring (bicyclic) bond motifs is 1. The van der Waals surface area contributed by atoms with Gasteiger partial charge < -0.3 is 4.74 Å². The fourth-order valence-electron chi connectivity index (χ4n) is 4.14. The zero-order chi connectivity index (χ0) is 13.6. The predicted molar refractivity (Wildman–Crippen MR) is 73.5 cm³/mol. The molecule has 0 aromatic rings. The highest BCUT2D eigenvalue weighted by Gasteiger charge is 2.51. The van der Waals surface area contributed by atoms with E-state index in [0.717, 1.165) is 25.7 Å². The SMILES string of the molecule is C[C@H]1CC(=O)CC[C@]2(C)[C@@H](OC(C)(C)C)CC[C@H]12. The second kappa shape index (κ2) is 4.63. The Morgan fingerprint density at radius 1 is 1.28 bits per heavy atom. The molecule has 2 rings (SSSR count). The van der Waals surface area contributed by atoms with Gasteiger partial charge in [0.15, 0.2) is 0 Å². The minimum atomic E-state index is -0.0812. The van der Waals surface area contributed by atoms with Gasteiger partial charge in [-0.2, -0.15) is 0 Å². The van der Waals surface area contributed by atoms with Gasteiger partial charge in [-0.15, -0.1) is 0 Å². The molecule has 0 bridgehead atoms. The van der Waals surface area contributed by atoms with Crippen LogP contribution in [0.4, 0.5) is 0 Å². The number of ether oxygens (including phenoxy) is 1. The first kappa shape index (κ1) is 14.0. The van der Waals surface area contributed by atoms with Gasteiger partial charge >= 0.3 is 0 Å². The third kappa shape index (κ3) is 2.64. The van der Waals surface area contributed by atoms with Gasteiger partial charge in [-0.3, -0.25) is 4.79 Å². The molecule has 104 valence electrons. The van der Waals surface area contributed by atoms with E-state index in [0.29, 0.717) is 23.7 Å². The molecule has 0 amide bonds. The fourth-order valence-corrected chi connectivity index (χ4v) is 4.14. The zero-order valence-electron chi connectivity index (χ0n) is 12.6. The van der Waals surface area contributed by atoms with Crippen molar-refractivity contribution in [2.75, 3.05) is 0 Å². The first-order valence-corrected chi connectivity index (χ1v) is 7.42. The maximum Gasteiger partial charge on any atom is 0.133 e. The Bertz CT molecular complexity index is 328. The van der Waals surface area contributed by atoms with E-state index in [4.69, 9.17) is 4.74 Å². The van der Waals surface area contributed by atoms with E-state index in [-0.39, 0.29) is 11.0 Å². The molecule has 0 aliphatic heterocycles. The summed E-state index contributed by atoms with van der Waals surface area (Å²) in [6.45, 7) is 11.0. The van der Waals surface area contributed by atoms with Crippen LogP contribution in [-0.4, -0.2) is 17.5 Å². The van der Waals surface area contributed by atoms with Gasteiger partial charge in [0.25, 0.3) is 0 Å². The third-order valence-corrected chi connectivity index (χ3v) is 5.00. The predicted octanol–water partition coefficient (Wildman–Crippen LogP) is 3.98. The Kier molecular flexibility index (Phi) is 3.61. The quantitative estimate of drug-likeness (QED) is 0.705. The average molecular weight is 252 g/mol. The summed E-state index contributed by atoms with van der Waals surface area (Å²) in [6.07, 6.45) is 5.27. The van der Waals surface area contributed by atoms with Gasteiger partial charge in [0.1, 0.15) is 5.78 Å². The van der Waals surface area contributed by atoms with Crippen molar-refractivity contribution in [3.05, 3.63) is 0 Å². The van der Waals surface area contributed by atoms with Crippen molar-refractivity contribution in [3.8, 4) is 0 Å². The van der Waals surface area contributed by atoms with Crippen molar-refractivity contribution in [2.24, 2.45) is 17.3 Å². The number of rotatable bonds is 1. The van der Waals surface area contributed by atoms with Gasteiger partial charge in [0.05, 0.1) is 11.7 Å². The smallest absolute Gasteiger partial charge is 0.133 e. The number of hydrogen-bond acceptors (Lipinski definition) is 2. The van der Waals surface area contributed by atoms with Crippen LogP contribution in [-0.2, 0) is 9.53 Å². The minimum Gasteiger partial charge on any atom is -0.372 e. The highest BCUT2D eigenvalue weighted by molar-refractivity contribution is 5.79. The summed E-state index contributed by atoms with van der Waals surface area (Å²) >= 11 is 0. The third-order valence-electron chi connectivity index (χ3n) is 5.00. The fraction of sp³-hybridized carbons (Fsp3) is 0.938. The summed E-state index contributed by atoms with van der Waals surface area (Å²) in [5.41, 5.74) is 0.126. The lowest BCUT2D eigenvalue weighted by molar-refractivity contribution is -0.120. The normalized spacial score (nSPS) is 41.6. The number of ketones is 1. The lowest BCUT2D eigenvalue weighted by Gasteiger charge is -2.40. The molecule has 0 heterocycles. The van der Waals surface area contributed by atoms with Crippen LogP contribution in [0.25, 0.3) is 0 Å². The monoisotopic (exact) mass is 252 g/mol. The van der Waals surface area contributed by atoms with E-state index in [1.54, 1.807) is 0 Å². The zero-order valence-corrected chi connectivity index (χ0v) is 12.6. The molecule has 2 nitrogen and oxygen atoms in total. The van der Waals surface area contributed by atoms with Crippen molar-refractivity contribution in [3.63, 3.8) is 0 Å². The molecule has 4 atom stereocenters. The molecule has 18 heavy (non-hydrogen) atoms. The second-order valence-corrected chi connectivity index (χ2v) is 7.63. The van der Waals surface area contributed by atoms with Crippen LogP contribution in [0.3, 0.4) is 0 Å². The number of carbonyl (C=O) groups is 1. The summed E-state index contributed by atoms with van der Waals surface area (Å²) in [5, 5.41) is 0. The van der Waals surface area contributed by atoms with Crippen LogP contribution in [0.15, 0.2) is 0 Å². The molecule has 0 saturated heterocycles. The molecule has 0 unspecified atom stereocenters. The maximum absolute atomic E-state index is 11.8. The largest absolute Gasteiger partial charge is 0.372 e. The highest BCUT2D eigenvalue weighted by Crippen LogP contribution is 2.54. The summed E-state index contributed by atoms with van der Waals surface area (Å²) in [5.74, 6) is 1.64. The molecule has 0 radical (unpaired) electrons. The lowest BCUT2D eigenvalue weighted by Crippen LogP contribution is -2.40. The molecule has 0 spiro atoms. The van der Waals surface area contributed by atoms with E-state index in [9.17, 15) is 4.79 Å². The van der Waals surface area contributed by atoms with Crippen molar-refractivity contribution in [2.45, 2.75) is 78.4 Å². The summed E-state index contributed by atoms with van der Waals surface area (Å²) in [6, 6.07) is 0. The van der Waals surface area contributed by atoms with E-state index < -0.39 is 0 Å². The lowest BCUT2D eigenvalue weighted by atomic mass is 9.71. The van der Waals surface area contributed by atoms with Crippen molar-refractivity contribution in [1.29, 1.82) is 0 Å². The molecule has 2 aliphatic carbocycles. The van der Waals surface area contributed by atoms with Crippen LogP contribution >= 0.6 is 0 Å². The van der Waals surface area contributed by atoms with Crippen molar-refractivity contribution < 1.29 is 9.53 Å². The van der Waals surface area contributed by atoms with Gasteiger partial charge in [0.2, 0.25) is 0 Å². The number of Topliss-reactive ketones (excluding diaryl/α,β-unsaturated/α-hetero) is 1. The first-order chi connectivity index (χ1) is 8.22. The second-order valence-electron chi connectivity index (χ2n) is 7.63. The first-order valence-electron chi connectivity index (χ1n) is 7.42. The summed E-state index contributed by atoms with van der Waals surface area (Å²) in [7, 11) is 0. The highest BCUT2D eigenvalue weighted by atomic mass is 16.5. The molecular weight excluding hydrogens is 224 g/mol. The number of carbonyl (C=O) groups excluding carboxylic acids is 1. The molecule has 0 aromatic heterocycles. The Morgan fingerprint density at radius 3 is 2.56 bits per heavy atom. The van der Waals surface area contributed by atoms with Crippen LogP contribution in [0, 0.1) is 17.3 Å². The van der Waals surface area contributed by atoms with E-state index in [1.807, 2.05) is 0 Å². The molecule has 2 saturated carbocycles. The molecular formula is C16H28O2. The molecule has 0 N–H and O–H groups in total. The Labute approximate surface area is 111 Å². The van der Waals surface area contributed by atoms with Crippen LogP contribution < -0.4 is 0 Å². The summed E-state index contributed by atoms with van der Waals surface area (Å²) < 4.78 is 6.30. The average Bonchev–Trinajstić information content (AvgIpc) is 2.46. The topological polar surface area (TPSA) is 26.3 Å². The van der Waals surface area contributed by atoms with Crippen molar-refractivity contribution in [1.82, 2.24) is 0 Å². The Hall–Kier alpha value is -0.370. The molecule has 2 aliphatic rings. The van der Waals surface area contributed by atoms with Crippen LogP contribution in [0.2, 0.25) is 0 Å². The maximum atomic E-state index is 11.8. The van der Waals surface area contributed by atoms with Gasteiger partial charge in [-0.1, -0.05) is 13.8 Å². The van der Waals surface area contributed by atoms with Crippen LogP contribution in [0.5, 0.6) is 0 Å². The standard InChI is InChI=1S/C16H28O2/c1-11-10-12(17)8-9-16(5)13(11)6-7-14(16)18-15(2,3)4/h11,13-14H,6-10H2,1-5H3/t11-,13+,14-,16-/m0/s1. The van der Waals surface area contributed by atoms with Crippen molar-refractivity contribution >= 4 is 5.78 Å². The Balaban J connectivity index is 2.20. The van der Waals surface area contributed by atoms with Gasteiger partial charge in [-0.05, 0) is 57.3 Å². The van der Waals surface area contributed by atoms with E-state index in [2.05, 4.69) is 34.6 Å². The van der Waals surface area contributed by atoms with Crippen LogP contribution in [0.1, 0.15) is 66.7 Å². The Morgan fingerprint density at radius 2 is 1.94 bits per heavy atom. The minimum absolute atomic E-state index is 0.0812. The number of hydrogen-bond donors (Lipinski definition) is 0. The summed E-state index contributed by atoms with van der Waals surface area (Å²) in [4.78, 5) is 11.8. The van der Waals surface area contributed by atoms with Gasteiger partial charge in [0, 0.05) is 12.8 Å². The molecule has 2 fully saturated rings. The molecule has 0 aromatic carbocycles. The van der Waals surface area contributed by atoms with E-state index in [1.165, 1.54) is 6.42 Å². The van der Waals surface area contributed by atoms with Gasteiger partial charge in [-0.25, -0.2) is 0 Å². The molecule has 2 heteroatoms.